The van der Waals surface area contributed by atoms with Crippen LogP contribution in [0, 0.1) is 23.7 Å². The van der Waals surface area contributed by atoms with Gasteiger partial charge in [-0.1, -0.05) is 93.0 Å². The zero-order valence-electron chi connectivity index (χ0n) is 37.7. The Hall–Kier alpha value is -3.34. The minimum Gasteiger partial charge on any atom is -0.459 e. The van der Waals surface area contributed by atoms with Gasteiger partial charge in [0.05, 0.1) is 35.5 Å². The SMILES string of the molecule is CC[C@H]1OC(=O)[C@H](C)[C@@H](OC(=O)NCCc2ccccc2)[C@H](C)[C@@H](O[C@@H]2O[C@H](C)C[C@H](N(C)C)[C@H]2O)[C@](C)(OC)C[C@@H](C)/C(=N/OCc2ccccc2Cl)[C@H](C)[C@@H](O)[C@]1(C)O. The van der Waals surface area contributed by atoms with Crippen molar-refractivity contribution in [2.75, 3.05) is 27.7 Å². The van der Waals surface area contributed by atoms with Gasteiger partial charge in [0, 0.05) is 48.0 Å². The Labute approximate surface area is 367 Å². The second-order valence-electron chi connectivity index (χ2n) is 17.6. The van der Waals surface area contributed by atoms with E-state index in [1.54, 1.807) is 33.8 Å². The highest BCUT2D eigenvalue weighted by Crippen LogP contribution is 2.40. The molecule has 15 heteroatoms. The molecule has 14 nitrogen and oxygen atoms in total. The van der Waals surface area contributed by atoms with E-state index in [0.29, 0.717) is 29.1 Å². The standard InChI is InChI=1S/C46H70ClN3O11/c1-12-36-46(8,55)40(52)29(4)37(49-57-26-33-20-16-17-21-34(33)47)27(2)25-45(7,56-11)41(61-43-38(51)35(50(9)10)24-28(3)58-43)30(5)39(31(6)42(53)59-36)60-44(54)48-23-22-32-18-14-13-15-19-32/h13-21,27-31,35-36,38-41,43,51-52,55H,12,22-26H2,1-11H3,(H,48,54)/b49-37-/t27-,28-,29+,30+,31-,35+,36-,38-,39+,40-,41-,43+,45-,46-/m1/s1. The van der Waals surface area contributed by atoms with Crippen molar-refractivity contribution in [2.45, 2.75) is 148 Å². The molecule has 342 valence electrons. The number of methoxy groups -OCH3 is 1. The quantitative estimate of drug-likeness (QED) is 0.142. The van der Waals surface area contributed by atoms with E-state index in [0.717, 1.165) is 5.56 Å². The summed E-state index contributed by atoms with van der Waals surface area (Å²) in [4.78, 5) is 35.9. The monoisotopic (exact) mass is 875 g/mol. The zero-order valence-corrected chi connectivity index (χ0v) is 38.5. The maximum Gasteiger partial charge on any atom is 0.407 e. The smallest absolute Gasteiger partial charge is 0.407 e. The summed E-state index contributed by atoms with van der Waals surface area (Å²) in [6, 6.07) is 16.6. The van der Waals surface area contributed by atoms with Crippen LogP contribution in [-0.4, -0.2) is 126 Å². The summed E-state index contributed by atoms with van der Waals surface area (Å²) in [5, 5.41) is 43.7. The number of likely N-dealkylation sites (N-methyl/N-ethyl adjacent to an activating group) is 1. The molecular weight excluding hydrogens is 806 g/mol. The van der Waals surface area contributed by atoms with Gasteiger partial charge in [-0.05, 0) is 79.1 Å². The maximum atomic E-state index is 14.3. The molecule has 4 rings (SSSR count). The van der Waals surface area contributed by atoms with Crippen LogP contribution >= 0.6 is 11.6 Å². The van der Waals surface area contributed by atoms with Gasteiger partial charge in [-0.2, -0.15) is 0 Å². The summed E-state index contributed by atoms with van der Waals surface area (Å²) in [5.41, 5.74) is -1.12. The number of hydrogen-bond donors (Lipinski definition) is 4. The maximum absolute atomic E-state index is 14.3. The number of carbonyl (C=O) groups is 2. The first-order valence-electron chi connectivity index (χ1n) is 21.5. The van der Waals surface area contributed by atoms with Gasteiger partial charge in [0.25, 0.3) is 0 Å². The molecule has 1 amide bonds. The summed E-state index contributed by atoms with van der Waals surface area (Å²) in [7, 11) is 5.30. The number of nitrogens with one attached hydrogen (secondary N) is 1. The van der Waals surface area contributed by atoms with Crippen LogP contribution in [0.25, 0.3) is 0 Å². The van der Waals surface area contributed by atoms with E-state index < -0.39 is 83.7 Å². The number of nitrogens with zero attached hydrogens (tertiary/aromatic N) is 2. The van der Waals surface area contributed by atoms with Gasteiger partial charge in [0.15, 0.2) is 6.29 Å². The number of aliphatic hydroxyl groups is 3. The zero-order chi connectivity index (χ0) is 45.2. The number of benzene rings is 2. The Morgan fingerprint density at radius 1 is 1.02 bits per heavy atom. The average molecular weight is 877 g/mol. The van der Waals surface area contributed by atoms with Crippen molar-refractivity contribution in [3.63, 3.8) is 0 Å². The summed E-state index contributed by atoms with van der Waals surface area (Å²) in [6.07, 6.45) is -6.69. The van der Waals surface area contributed by atoms with Crippen LogP contribution in [-0.2, 0) is 46.3 Å². The normalized spacial score (nSPS) is 36.2. The van der Waals surface area contributed by atoms with Gasteiger partial charge in [0.1, 0.15) is 30.5 Å². The number of carbonyl (C=O) groups excluding carboxylic acids is 2. The molecule has 2 fully saturated rings. The van der Waals surface area contributed by atoms with E-state index in [4.69, 9.17) is 40.1 Å². The number of rotatable bonds is 12. The van der Waals surface area contributed by atoms with E-state index >= 15 is 0 Å². The molecular formula is C46H70ClN3O11. The molecule has 2 aromatic carbocycles. The van der Waals surface area contributed by atoms with Crippen molar-refractivity contribution < 1.29 is 53.4 Å². The van der Waals surface area contributed by atoms with Crippen molar-refractivity contribution >= 4 is 29.4 Å². The van der Waals surface area contributed by atoms with Gasteiger partial charge in [0.2, 0.25) is 0 Å². The molecule has 14 atom stereocenters. The minimum atomic E-state index is -1.96. The number of cyclic esters (lactones) is 1. The number of ether oxygens (including phenoxy) is 5. The molecule has 0 unspecified atom stereocenters. The third-order valence-electron chi connectivity index (χ3n) is 12.6. The van der Waals surface area contributed by atoms with Crippen molar-refractivity contribution in [1.29, 1.82) is 0 Å². The molecule has 0 radical (unpaired) electrons. The number of amides is 1. The summed E-state index contributed by atoms with van der Waals surface area (Å²) in [5.74, 6) is -4.03. The summed E-state index contributed by atoms with van der Waals surface area (Å²) < 4.78 is 31.8. The predicted molar refractivity (Wildman–Crippen MR) is 233 cm³/mol. The number of aliphatic hydroxyl groups excluding tert-OH is 2. The average Bonchev–Trinajstić information content (AvgIpc) is 3.22. The van der Waals surface area contributed by atoms with E-state index in [-0.39, 0.29) is 38.1 Å². The van der Waals surface area contributed by atoms with E-state index in [1.807, 2.05) is 88.3 Å². The van der Waals surface area contributed by atoms with E-state index in [2.05, 4.69) is 10.5 Å². The Kier molecular flexibility index (Phi) is 18.4. The Balaban J connectivity index is 1.83. The van der Waals surface area contributed by atoms with Crippen LogP contribution in [0.4, 0.5) is 4.79 Å². The van der Waals surface area contributed by atoms with Gasteiger partial charge >= 0.3 is 12.1 Å². The third-order valence-corrected chi connectivity index (χ3v) is 13.0. The second kappa shape index (κ2) is 22.3. The molecule has 61 heavy (non-hydrogen) atoms. The Morgan fingerprint density at radius 2 is 1.67 bits per heavy atom. The number of hydrogen-bond acceptors (Lipinski definition) is 13. The minimum absolute atomic E-state index is 0.0288. The van der Waals surface area contributed by atoms with Gasteiger partial charge in [-0.15, -0.1) is 0 Å². The first-order valence-corrected chi connectivity index (χ1v) is 21.9. The van der Waals surface area contributed by atoms with Crippen LogP contribution in [0.15, 0.2) is 59.8 Å². The molecule has 4 N–H and O–H groups in total. The predicted octanol–water partition coefficient (Wildman–Crippen LogP) is 6.15. The third kappa shape index (κ3) is 12.7. The van der Waals surface area contributed by atoms with Crippen molar-refractivity contribution in [3.05, 3.63) is 70.7 Å². The van der Waals surface area contributed by atoms with Gasteiger partial charge in [-0.25, -0.2) is 4.79 Å². The summed E-state index contributed by atoms with van der Waals surface area (Å²) >= 11 is 6.43. The highest BCUT2D eigenvalue weighted by molar-refractivity contribution is 6.31. The molecule has 2 heterocycles. The number of oxime groups is 1. The Bertz CT molecular complexity index is 1730. The highest BCUT2D eigenvalue weighted by atomic mass is 35.5. The van der Waals surface area contributed by atoms with E-state index in [9.17, 15) is 24.9 Å². The molecule has 2 aromatic rings. The first kappa shape index (κ1) is 50.3. The number of alkyl carbamates (subject to hydrolysis) is 1. The molecule has 0 aromatic heterocycles. The number of esters is 1. The van der Waals surface area contributed by atoms with Crippen molar-refractivity contribution in [2.24, 2.45) is 28.8 Å². The number of halogens is 1. The molecule has 2 aliphatic heterocycles. The molecule has 0 spiro atoms. The lowest BCUT2D eigenvalue weighted by Gasteiger charge is -2.48. The molecule has 2 saturated heterocycles. The van der Waals surface area contributed by atoms with Crippen LogP contribution in [0.5, 0.6) is 0 Å². The molecule has 0 bridgehead atoms. The lowest BCUT2D eigenvalue weighted by atomic mass is 9.73. The fourth-order valence-electron chi connectivity index (χ4n) is 8.88. The topological polar surface area (TPSA) is 178 Å². The van der Waals surface area contributed by atoms with Crippen LogP contribution < -0.4 is 5.32 Å². The lowest BCUT2D eigenvalue weighted by Crippen LogP contribution is -2.60. The first-order chi connectivity index (χ1) is 28.7. The van der Waals surface area contributed by atoms with Gasteiger partial charge < -0.3 is 54.1 Å². The molecule has 2 aliphatic rings. The second-order valence-corrected chi connectivity index (χ2v) is 18.0. The van der Waals surface area contributed by atoms with E-state index in [1.165, 1.54) is 14.0 Å². The Morgan fingerprint density at radius 3 is 2.30 bits per heavy atom. The molecule has 0 saturated carbocycles. The van der Waals surface area contributed by atoms with Crippen LogP contribution in [0.2, 0.25) is 5.02 Å². The molecule has 0 aliphatic carbocycles. The van der Waals surface area contributed by atoms with Crippen molar-refractivity contribution in [3.8, 4) is 0 Å². The van der Waals surface area contributed by atoms with Crippen molar-refractivity contribution in [1.82, 2.24) is 10.2 Å². The highest BCUT2D eigenvalue weighted by Gasteiger charge is 2.52. The van der Waals surface area contributed by atoms with Gasteiger partial charge in [-0.3, -0.25) is 4.79 Å². The van der Waals surface area contributed by atoms with Crippen LogP contribution in [0.3, 0.4) is 0 Å². The van der Waals surface area contributed by atoms with Crippen LogP contribution in [0.1, 0.15) is 85.8 Å². The largest absolute Gasteiger partial charge is 0.459 e. The lowest BCUT2D eigenvalue weighted by molar-refractivity contribution is -0.301. The fourth-order valence-corrected chi connectivity index (χ4v) is 9.07. The fraction of sp³-hybridized carbons (Fsp3) is 0.674. The summed E-state index contributed by atoms with van der Waals surface area (Å²) in [6.45, 7) is 14.2.